The van der Waals surface area contributed by atoms with Gasteiger partial charge < -0.3 is 20.5 Å². The van der Waals surface area contributed by atoms with E-state index in [4.69, 9.17) is 5.11 Å². The lowest BCUT2D eigenvalue weighted by Gasteiger charge is -2.28. The van der Waals surface area contributed by atoms with E-state index in [0.717, 1.165) is 0 Å². The SMILES string of the molecule is COC(=O)[C@@H]1C[C@H](CO)NC(=O)N1. The van der Waals surface area contributed by atoms with Gasteiger partial charge in [-0.25, -0.2) is 9.59 Å². The van der Waals surface area contributed by atoms with Crippen LogP contribution >= 0.6 is 0 Å². The maximum absolute atomic E-state index is 11.0. The topological polar surface area (TPSA) is 87.7 Å². The van der Waals surface area contributed by atoms with Crippen molar-refractivity contribution in [2.75, 3.05) is 13.7 Å². The van der Waals surface area contributed by atoms with E-state index in [1.165, 1.54) is 7.11 Å². The number of esters is 1. The molecule has 6 nitrogen and oxygen atoms in total. The van der Waals surface area contributed by atoms with Crippen molar-refractivity contribution in [3.8, 4) is 0 Å². The normalized spacial score (nSPS) is 27.4. The van der Waals surface area contributed by atoms with Crippen LogP contribution in [0.4, 0.5) is 4.79 Å². The summed E-state index contributed by atoms with van der Waals surface area (Å²) in [4.78, 5) is 21.9. The van der Waals surface area contributed by atoms with Crippen LogP contribution in [-0.2, 0) is 9.53 Å². The van der Waals surface area contributed by atoms with E-state index < -0.39 is 18.0 Å². The molecule has 0 radical (unpaired) electrons. The van der Waals surface area contributed by atoms with Gasteiger partial charge >= 0.3 is 12.0 Å². The summed E-state index contributed by atoms with van der Waals surface area (Å²) >= 11 is 0. The molecule has 2 atom stereocenters. The zero-order chi connectivity index (χ0) is 9.84. The first-order chi connectivity index (χ1) is 6.17. The minimum absolute atomic E-state index is 0.180. The molecule has 0 saturated carbocycles. The highest BCUT2D eigenvalue weighted by Gasteiger charge is 2.30. The first-order valence-electron chi connectivity index (χ1n) is 3.93. The first-order valence-corrected chi connectivity index (χ1v) is 3.93. The second-order valence-electron chi connectivity index (χ2n) is 2.81. The minimum Gasteiger partial charge on any atom is -0.467 e. The number of hydrogen-bond donors (Lipinski definition) is 3. The molecular weight excluding hydrogens is 176 g/mol. The van der Waals surface area contributed by atoms with Crippen LogP contribution in [0.25, 0.3) is 0 Å². The largest absolute Gasteiger partial charge is 0.467 e. The number of methoxy groups -OCH3 is 1. The Bertz CT molecular complexity index is 219. The molecule has 1 aliphatic heterocycles. The third-order valence-electron chi connectivity index (χ3n) is 1.87. The van der Waals surface area contributed by atoms with E-state index in [1.807, 2.05) is 0 Å². The molecule has 0 aromatic heterocycles. The van der Waals surface area contributed by atoms with Gasteiger partial charge in [0.05, 0.1) is 19.8 Å². The van der Waals surface area contributed by atoms with E-state index in [9.17, 15) is 9.59 Å². The van der Waals surface area contributed by atoms with Crippen LogP contribution in [0, 0.1) is 0 Å². The second kappa shape index (κ2) is 4.08. The van der Waals surface area contributed by atoms with Gasteiger partial charge in [0.15, 0.2) is 0 Å². The number of aliphatic hydroxyl groups excluding tert-OH is 1. The highest BCUT2D eigenvalue weighted by atomic mass is 16.5. The molecule has 13 heavy (non-hydrogen) atoms. The number of aliphatic hydroxyl groups is 1. The lowest BCUT2D eigenvalue weighted by atomic mass is 10.1. The molecule has 0 spiro atoms. The number of carbonyl (C=O) groups is 2. The quantitative estimate of drug-likeness (QED) is 0.465. The van der Waals surface area contributed by atoms with E-state index in [0.29, 0.717) is 6.42 Å². The van der Waals surface area contributed by atoms with Gasteiger partial charge in [-0.3, -0.25) is 0 Å². The third-order valence-corrected chi connectivity index (χ3v) is 1.87. The van der Waals surface area contributed by atoms with Crippen LogP contribution in [-0.4, -0.2) is 42.9 Å². The maximum Gasteiger partial charge on any atom is 0.328 e. The van der Waals surface area contributed by atoms with Crippen LogP contribution in [0.15, 0.2) is 0 Å². The van der Waals surface area contributed by atoms with Crippen molar-refractivity contribution >= 4 is 12.0 Å². The molecule has 6 heteroatoms. The van der Waals surface area contributed by atoms with Crippen molar-refractivity contribution in [1.82, 2.24) is 10.6 Å². The first kappa shape index (κ1) is 9.79. The maximum atomic E-state index is 11.0. The average Bonchev–Trinajstić information content (AvgIpc) is 2.15. The molecule has 74 valence electrons. The molecule has 1 aliphatic rings. The molecule has 0 aliphatic carbocycles. The zero-order valence-corrected chi connectivity index (χ0v) is 7.24. The average molecular weight is 188 g/mol. The van der Waals surface area contributed by atoms with Crippen LogP contribution in [0.1, 0.15) is 6.42 Å². The Hall–Kier alpha value is -1.30. The third kappa shape index (κ3) is 2.32. The molecule has 1 fully saturated rings. The summed E-state index contributed by atoms with van der Waals surface area (Å²) in [5.41, 5.74) is 0. The highest BCUT2D eigenvalue weighted by Crippen LogP contribution is 2.05. The van der Waals surface area contributed by atoms with Gasteiger partial charge in [0.1, 0.15) is 6.04 Å². The second-order valence-corrected chi connectivity index (χ2v) is 2.81. The minimum atomic E-state index is -0.657. The molecule has 1 rings (SSSR count). The predicted octanol–water partition coefficient (Wildman–Crippen LogP) is -1.41. The van der Waals surface area contributed by atoms with Gasteiger partial charge in [-0.15, -0.1) is 0 Å². The molecule has 3 N–H and O–H groups in total. The zero-order valence-electron chi connectivity index (χ0n) is 7.24. The van der Waals surface area contributed by atoms with Crippen LogP contribution in [0.3, 0.4) is 0 Å². The summed E-state index contributed by atoms with van der Waals surface area (Å²) in [6.07, 6.45) is 0.342. The lowest BCUT2D eigenvalue weighted by molar-refractivity contribution is -0.143. The van der Waals surface area contributed by atoms with E-state index in [1.54, 1.807) is 0 Å². The molecule has 1 heterocycles. The molecule has 0 aromatic carbocycles. The summed E-state index contributed by atoms with van der Waals surface area (Å²) in [5.74, 6) is -0.492. The fraction of sp³-hybridized carbons (Fsp3) is 0.714. The van der Waals surface area contributed by atoms with Crippen LogP contribution < -0.4 is 10.6 Å². The van der Waals surface area contributed by atoms with Crippen molar-refractivity contribution in [2.24, 2.45) is 0 Å². The fourth-order valence-electron chi connectivity index (χ4n) is 1.21. The molecular formula is C7H12N2O4. The Kier molecular flexibility index (Phi) is 3.07. The Morgan fingerprint density at radius 1 is 1.69 bits per heavy atom. The number of carbonyl (C=O) groups excluding carboxylic acids is 2. The Morgan fingerprint density at radius 3 is 2.92 bits per heavy atom. The van der Waals surface area contributed by atoms with Crippen LogP contribution in [0.2, 0.25) is 0 Å². The van der Waals surface area contributed by atoms with Crippen molar-refractivity contribution in [3.05, 3.63) is 0 Å². The molecule has 1 saturated heterocycles. The summed E-state index contributed by atoms with van der Waals surface area (Å²) in [6.45, 7) is -0.180. The van der Waals surface area contributed by atoms with E-state index >= 15 is 0 Å². The molecule has 2 amide bonds. The van der Waals surface area contributed by atoms with Crippen molar-refractivity contribution < 1.29 is 19.4 Å². The number of hydrogen-bond acceptors (Lipinski definition) is 4. The lowest BCUT2D eigenvalue weighted by Crippen LogP contribution is -2.58. The summed E-state index contributed by atoms with van der Waals surface area (Å²) in [7, 11) is 1.25. The molecule has 0 aromatic rings. The molecule has 0 bridgehead atoms. The smallest absolute Gasteiger partial charge is 0.328 e. The van der Waals surface area contributed by atoms with Gasteiger partial charge in [-0.2, -0.15) is 0 Å². The monoisotopic (exact) mass is 188 g/mol. The Morgan fingerprint density at radius 2 is 2.38 bits per heavy atom. The fourth-order valence-corrected chi connectivity index (χ4v) is 1.21. The van der Waals surface area contributed by atoms with Gasteiger partial charge in [0.25, 0.3) is 0 Å². The van der Waals surface area contributed by atoms with E-state index in [2.05, 4.69) is 15.4 Å². The predicted molar refractivity (Wildman–Crippen MR) is 43.0 cm³/mol. The van der Waals surface area contributed by atoms with E-state index in [-0.39, 0.29) is 12.6 Å². The highest BCUT2D eigenvalue weighted by molar-refractivity contribution is 5.85. The number of nitrogens with one attached hydrogen (secondary N) is 2. The number of rotatable bonds is 2. The van der Waals surface area contributed by atoms with Gasteiger partial charge in [0, 0.05) is 6.42 Å². The van der Waals surface area contributed by atoms with Crippen molar-refractivity contribution in [3.63, 3.8) is 0 Å². The number of amides is 2. The van der Waals surface area contributed by atoms with Crippen molar-refractivity contribution in [2.45, 2.75) is 18.5 Å². The molecule has 0 unspecified atom stereocenters. The summed E-state index contributed by atoms with van der Waals surface area (Å²) in [6, 6.07) is -1.49. The standard InChI is InChI=1S/C7H12N2O4/c1-13-6(11)5-2-4(3-10)8-7(12)9-5/h4-5,10H,2-3H2,1H3,(H2,8,9,12)/t4-,5+/m1/s1. The van der Waals surface area contributed by atoms with Gasteiger partial charge in [0.2, 0.25) is 0 Å². The number of ether oxygens (including phenoxy) is 1. The van der Waals surface area contributed by atoms with Gasteiger partial charge in [-0.1, -0.05) is 0 Å². The van der Waals surface area contributed by atoms with Crippen LogP contribution in [0.5, 0.6) is 0 Å². The Labute approximate surface area is 75.3 Å². The van der Waals surface area contributed by atoms with Gasteiger partial charge in [-0.05, 0) is 0 Å². The summed E-state index contributed by atoms with van der Waals surface area (Å²) < 4.78 is 4.47. The number of urea groups is 1. The summed E-state index contributed by atoms with van der Waals surface area (Å²) in [5, 5.41) is 13.6. The van der Waals surface area contributed by atoms with Crippen molar-refractivity contribution in [1.29, 1.82) is 0 Å². The Balaban J connectivity index is 2.56.